The fraction of sp³-hybridized carbons (Fsp3) is 0.286. The number of fused-ring (bicyclic) bond motifs is 1. The SMILES string of the molecule is C[C@H](Sc1nc2ccccc2c(=O)n1C1CC1)C(=O)NCc1ccccc1Cl. The lowest BCUT2D eigenvalue weighted by atomic mass is 10.2. The summed E-state index contributed by atoms with van der Waals surface area (Å²) in [5.41, 5.74) is 1.50. The third kappa shape index (κ3) is 3.93. The first-order valence-electron chi connectivity index (χ1n) is 9.23. The number of halogens is 1. The molecular formula is C21H20ClN3O2S. The fourth-order valence-corrected chi connectivity index (χ4v) is 4.25. The maximum Gasteiger partial charge on any atom is 0.262 e. The minimum absolute atomic E-state index is 0.0284. The summed E-state index contributed by atoms with van der Waals surface area (Å²) in [6, 6.07) is 15.0. The van der Waals surface area contributed by atoms with Crippen LogP contribution in [0.2, 0.25) is 5.02 Å². The Hall–Kier alpha value is -2.31. The quantitative estimate of drug-likeness (QED) is 0.486. The number of hydrogen-bond acceptors (Lipinski definition) is 4. The number of carbonyl (C=O) groups is 1. The van der Waals surface area contributed by atoms with Crippen molar-refractivity contribution in [3.8, 4) is 0 Å². The lowest BCUT2D eigenvalue weighted by Crippen LogP contribution is -2.31. The second-order valence-corrected chi connectivity index (χ2v) is 8.60. The number of benzene rings is 2. The Kier molecular flexibility index (Phi) is 5.42. The van der Waals surface area contributed by atoms with Gasteiger partial charge in [-0.3, -0.25) is 14.2 Å². The summed E-state index contributed by atoms with van der Waals surface area (Å²) in [5.74, 6) is -0.116. The van der Waals surface area contributed by atoms with E-state index in [-0.39, 0.29) is 22.8 Å². The van der Waals surface area contributed by atoms with E-state index in [4.69, 9.17) is 11.6 Å². The van der Waals surface area contributed by atoms with Crippen LogP contribution in [0.4, 0.5) is 0 Å². The van der Waals surface area contributed by atoms with Gasteiger partial charge in [0.1, 0.15) is 0 Å². The lowest BCUT2D eigenvalue weighted by Gasteiger charge is -2.16. The van der Waals surface area contributed by atoms with Crippen LogP contribution in [-0.2, 0) is 11.3 Å². The largest absolute Gasteiger partial charge is 0.351 e. The molecule has 0 spiro atoms. The van der Waals surface area contributed by atoms with Gasteiger partial charge in [0.2, 0.25) is 5.91 Å². The molecule has 1 atom stereocenters. The smallest absolute Gasteiger partial charge is 0.262 e. The van der Waals surface area contributed by atoms with Crippen molar-refractivity contribution in [3.05, 3.63) is 69.5 Å². The zero-order valence-electron chi connectivity index (χ0n) is 15.4. The molecule has 28 heavy (non-hydrogen) atoms. The van der Waals surface area contributed by atoms with Crippen LogP contribution in [0.15, 0.2) is 58.5 Å². The lowest BCUT2D eigenvalue weighted by molar-refractivity contribution is -0.120. The minimum atomic E-state index is -0.388. The Balaban J connectivity index is 1.54. The number of carbonyl (C=O) groups excluding carboxylic acids is 1. The topological polar surface area (TPSA) is 64.0 Å². The van der Waals surface area contributed by atoms with Gasteiger partial charge in [0, 0.05) is 17.6 Å². The number of para-hydroxylation sites is 1. The summed E-state index contributed by atoms with van der Waals surface area (Å²) in [6.07, 6.45) is 1.95. The molecule has 3 aromatic rings. The predicted molar refractivity (Wildman–Crippen MR) is 113 cm³/mol. The average molecular weight is 414 g/mol. The number of rotatable bonds is 6. The maximum atomic E-state index is 12.9. The molecule has 5 nitrogen and oxygen atoms in total. The molecule has 1 heterocycles. The van der Waals surface area contributed by atoms with E-state index in [1.54, 1.807) is 16.7 Å². The standard InChI is InChI=1S/C21H20ClN3O2S/c1-13(19(26)23-12-14-6-2-4-8-17(14)22)28-21-24-18-9-5-3-7-16(18)20(27)25(21)15-10-11-15/h2-9,13,15H,10-12H2,1H3,(H,23,26)/t13-/m0/s1. The summed E-state index contributed by atoms with van der Waals surface area (Å²) in [7, 11) is 0. The highest BCUT2D eigenvalue weighted by molar-refractivity contribution is 8.00. The van der Waals surface area contributed by atoms with Crippen LogP contribution in [0.1, 0.15) is 31.4 Å². The van der Waals surface area contributed by atoms with Crippen molar-refractivity contribution < 1.29 is 4.79 Å². The molecule has 4 rings (SSSR count). The Labute approximate surface area is 172 Å². The molecule has 0 radical (unpaired) electrons. The summed E-state index contributed by atoms with van der Waals surface area (Å²) >= 11 is 7.47. The Morgan fingerprint density at radius 3 is 2.71 bits per heavy atom. The Morgan fingerprint density at radius 1 is 1.25 bits per heavy atom. The van der Waals surface area contributed by atoms with Gasteiger partial charge in [-0.25, -0.2) is 4.98 Å². The summed E-state index contributed by atoms with van der Waals surface area (Å²) in [4.78, 5) is 30.2. The van der Waals surface area contributed by atoms with Gasteiger partial charge < -0.3 is 5.32 Å². The molecule has 0 aliphatic heterocycles. The van der Waals surface area contributed by atoms with Crippen LogP contribution in [0, 0.1) is 0 Å². The van der Waals surface area contributed by atoms with E-state index in [1.807, 2.05) is 43.3 Å². The highest BCUT2D eigenvalue weighted by Gasteiger charge is 2.30. The van der Waals surface area contributed by atoms with Gasteiger partial charge in [-0.2, -0.15) is 0 Å². The van der Waals surface area contributed by atoms with Gasteiger partial charge in [0.05, 0.1) is 16.2 Å². The molecule has 144 valence electrons. The number of aromatic nitrogens is 2. The Morgan fingerprint density at radius 2 is 1.96 bits per heavy atom. The van der Waals surface area contributed by atoms with Crippen LogP contribution in [0.5, 0.6) is 0 Å². The Bertz CT molecular complexity index is 1090. The second kappa shape index (κ2) is 7.97. The summed E-state index contributed by atoms with van der Waals surface area (Å²) in [6.45, 7) is 2.19. The van der Waals surface area contributed by atoms with Gasteiger partial charge in [-0.1, -0.05) is 53.7 Å². The molecule has 1 fully saturated rings. The second-order valence-electron chi connectivity index (χ2n) is 6.89. The van der Waals surface area contributed by atoms with Crippen LogP contribution in [-0.4, -0.2) is 20.7 Å². The van der Waals surface area contributed by atoms with Crippen LogP contribution >= 0.6 is 23.4 Å². The van der Waals surface area contributed by atoms with E-state index in [0.29, 0.717) is 27.6 Å². The zero-order chi connectivity index (χ0) is 19.7. The number of nitrogens with zero attached hydrogens (tertiary/aromatic N) is 2. The number of nitrogens with one attached hydrogen (secondary N) is 1. The normalized spacial score (nSPS) is 14.8. The van der Waals surface area contributed by atoms with Gasteiger partial charge in [0.25, 0.3) is 5.56 Å². The molecule has 0 saturated heterocycles. The van der Waals surface area contributed by atoms with Crippen molar-refractivity contribution in [2.75, 3.05) is 0 Å². The highest BCUT2D eigenvalue weighted by atomic mass is 35.5. The van der Waals surface area contributed by atoms with Crippen molar-refractivity contribution in [3.63, 3.8) is 0 Å². The molecule has 7 heteroatoms. The van der Waals surface area contributed by atoms with Crippen LogP contribution in [0.25, 0.3) is 10.9 Å². The maximum absolute atomic E-state index is 12.9. The molecule has 2 aromatic carbocycles. The molecule has 1 aliphatic rings. The minimum Gasteiger partial charge on any atom is -0.351 e. The predicted octanol–water partition coefficient (Wildman–Crippen LogP) is 4.18. The van der Waals surface area contributed by atoms with Crippen LogP contribution in [0.3, 0.4) is 0 Å². The van der Waals surface area contributed by atoms with E-state index in [0.717, 1.165) is 18.4 Å². The van der Waals surface area contributed by atoms with Crippen molar-refractivity contribution in [2.45, 2.75) is 42.8 Å². The van der Waals surface area contributed by atoms with Gasteiger partial charge in [-0.05, 0) is 43.5 Å². The van der Waals surface area contributed by atoms with Crippen molar-refractivity contribution in [1.82, 2.24) is 14.9 Å². The highest BCUT2D eigenvalue weighted by Crippen LogP contribution is 2.37. The van der Waals surface area contributed by atoms with Gasteiger partial charge >= 0.3 is 0 Å². The van der Waals surface area contributed by atoms with E-state index < -0.39 is 0 Å². The molecular weight excluding hydrogens is 394 g/mol. The molecule has 1 aliphatic carbocycles. The zero-order valence-corrected chi connectivity index (χ0v) is 17.0. The number of thioether (sulfide) groups is 1. The summed E-state index contributed by atoms with van der Waals surface area (Å²) in [5, 5.41) is 4.38. The third-order valence-electron chi connectivity index (χ3n) is 4.75. The van der Waals surface area contributed by atoms with E-state index in [1.165, 1.54) is 11.8 Å². The molecule has 1 saturated carbocycles. The molecule has 1 aromatic heterocycles. The van der Waals surface area contributed by atoms with Gasteiger partial charge in [0.15, 0.2) is 5.16 Å². The van der Waals surface area contributed by atoms with Crippen molar-refractivity contribution in [2.24, 2.45) is 0 Å². The van der Waals surface area contributed by atoms with Gasteiger partial charge in [-0.15, -0.1) is 0 Å². The third-order valence-corrected chi connectivity index (χ3v) is 6.18. The molecule has 0 unspecified atom stereocenters. The van der Waals surface area contributed by atoms with Crippen molar-refractivity contribution in [1.29, 1.82) is 0 Å². The monoisotopic (exact) mass is 413 g/mol. The number of amides is 1. The first kappa shape index (κ1) is 19.0. The summed E-state index contributed by atoms with van der Waals surface area (Å²) < 4.78 is 1.75. The van der Waals surface area contributed by atoms with E-state index in [9.17, 15) is 9.59 Å². The molecule has 1 amide bonds. The average Bonchev–Trinajstić information content (AvgIpc) is 3.52. The van der Waals surface area contributed by atoms with E-state index in [2.05, 4.69) is 10.3 Å². The fourth-order valence-electron chi connectivity index (χ4n) is 3.04. The first-order chi connectivity index (χ1) is 13.5. The first-order valence-corrected chi connectivity index (χ1v) is 10.5. The van der Waals surface area contributed by atoms with Crippen molar-refractivity contribution >= 4 is 40.2 Å². The molecule has 1 N–H and O–H groups in total. The van der Waals surface area contributed by atoms with Crippen LogP contribution < -0.4 is 10.9 Å². The molecule has 0 bridgehead atoms. The van der Waals surface area contributed by atoms with E-state index >= 15 is 0 Å². The number of hydrogen-bond donors (Lipinski definition) is 1.